The molecule has 1 aliphatic rings. The summed E-state index contributed by atoms with van der Waals surface area (Å²) >= 11 is 5.81. The quantitative estimate of drug-likeness (QED) is 0.885. The maximum atomic E-state index is 12.0. The molecule has 0 radical (unpaired) electrons. The number of halogens is 1. The Bertz CT molecular complexity index is 513. The Hall–Kier alpha value is -1.55. The minimum Gasteiger partial charge on any atom is -0.481 e. The first-order chi connectivity index (χ1) is 8.34. The number of carboxylic acids is 1. The number of carbonyl (C=O) groups excluding carboxylic acids is 1. The average Bonchev–Trinajstić information content (AvgIpc) is 2.81. The molecule has 1 saturated carbocycles. The van der Waals surface area contributed by atoms with Gasteiger partial charge in [0.05, 0.1) is 11.8 Å². The van der Waals surface area contributed by atoms with E-state index >= 15 is 0 Å². The maximum absolute atomic E-state index is 12.0. The molecule has 18 heavy (non-hydrogen) atoms. The number of amides is 1. The molecule has 96 valence electrons. The van der Waals surface area contributed by atoms with Gasteiger partial charge < -0.3 is 10.4 Å². The van der Waals surface area contributed by atoms with Crippen molar-refractivity contribution < 1.29 is 14.7 Å². The Morgan fingerprint density at radius 1 is 1.33 bits per heavy atom. The lowest BCUT2D eigenvalue weighted by Crippen LogP contribution is -2.17. The number of benzene rings is 1. The monoisotopic (exact) mass is 267 g/mol. The van der Waals surface area contributed by atoms with Crippen molar-refractivity contribution in [2.24, 2.45) is 17.3 Å². The van der Waals surface area contributed by atoms with Crippen LogP contribution in [0.25, 0.3) is 0 Å². The molecule has 2 N–H and O–H groups in total. The normalized spacial score (nSPS) is 24.4. The molecule has 0 aromatic heterocycles. The lowest BCUT2D eigenvalue weighted by atomic mass is 10.1. The number of nitrogens with one attached hydrogen (secondary N) is 1. The average molecular weight is 268 g/mol. The molecule has 2 unspecified atom stereocenters. The molecule has 0 heterocycles. The van der Waals surface area contributed by atoms with Crippen LogP contribution in [0.3, 0.4) is 0 Å². The van der Waals surface area contributed by atoms with Crippen LogP contribution in [0.1, 0.15) is 13.8 Å². The predicted octanol–water partition coefficient (Wildman–Crippen LogP) is 2.64. The Morgan fingerprint density at radius 2 is 2.00 bits per heavy atom. The summed E-state index contributed by atoms with van der Waals surface area (Å²) in [4.78, 5) is 23.0. The second-order valence-corrected chi connectivity index (χ2v) is 5.55. The molecule has 0 saturated heterocycles. The van der Waals surface area contributed by atoms with Gasteiger partial charge in [-0.1, -0.05) is 31.5 Å². The second-order valence-electron chi connectivity index (χ2n) is 5.11. The van der Waals surface area contributed by atoms with Crippen molar-refractivity contribution in [1.82, 2.24) is 0 Å². The molecular weight excluding hydrogens is 254 g/mol. The third kappa shape index (κ3) is 2.20. The largest absolute Gasteiger partial charge is 0.481 e. The van der Waals surface area contributed by atoms with Crippen LogP contribution in [0.5, 0.6) is 0 Å². The molecule has 1 amide bonds. The van der Waals surface area contributed by atoms with E-state index in [4.69, 9.17) is 16.7 Å². The molecule has 0 bridgehead atoms. The molecule has 4 nitrogen and oxygen atoms in total. The lowest BCUT2D eigenvalue weighted by molar-refractivity contribution is -0.140. The highest BCUT2D eigenvalue weighted by molar-refractivity contribution is 6.30. The van der Waals surface area contributed by atoms with Crippen molar-refractivity contribution in [2.75, 3.05) is 5.32 Å². The van der Waals surface area contributed by atoms with Gasteiger partial charge in [-0.3, -0.25) is 9.59 Å². The van der Waals surface area contributed by atoms with Crippen LogP contribution in [-0.2, 0) is 9.59 Å². The van der Waals surface area contributed by atoms with Gasteiger partial charge in [-0.15, -0.1) is 0 Å². The van der Waals surface area contributed by atoms with Gasteiger partial charge in [0, 0.05) is 10.7 Å². The SMILES string of the molecule is CC1(C)C(C(=O)O)C1C(=O)Nc1cccc(Cl)c1. The first-order valence-corrected chi connectivity index (χ1v) is 6.01. The lowest BCUT2D eigenvalue weighted by Gasteiger charge is -2.06. The molecule has 0 spiro atoms. The van der Waals surface area contributed by atoms with Crippen molar-refractivity contribution in [1.29, 1.82) is 0 Å². The van der Waals surface area contributed by atoms with Crippen LogP contribution in [-0.4, -0.2) is 17.0 Å². The van der Waals surface area contributed by atoms with Crippen LogP contribution in [0, 0.1) is 17.3 Å². The fourth-order valence-electron chi connectivity index (χ4n) is 2.37. The maximum Gasteiger partial charge on any atom is 0.307 e. The summed E-state index contributed by atoms with van der Waals surface area (Å²) in [7, 11) is 0. The summed E-state index contributed by atoms with van der Waals surface area (Å²) in [6.45, 7) is 3.57. The zero-order valence-corrected chi connectivity index (χ0v) is 10.9. The Balaban J connectivity index is 2.08. The molecule has 0 aliphatic heterocycles. The number of carbonyl (C=O) groups is 2. The van der Waals surface area contributed by atoms with E-state index in [9.17, 15) is 9.59 Å². The molecule has 5 heteroatoms. The zero-order chi connectivity index (χ0) is 13.5. The number of aliphatic carboxylic acids is 1. The standard InChI is InChI=1S/C13H14ClNO3/c1-13(2)9(10(13)12(17)18)11(16)15-8-5-3-4-7(14)6-8/h3-6,9-10H,1-2H3,(H,15,16)(H,17,18). The first-order valence-electron chi connectivity index (χ1n) is 5.63. The van der Waals surface area contributed by atoms with Gasteiger partial charge in [0.25, 0.3) is 0 Å². The van der Waals surface area contributed by atoms with E-state index in [2.05, 4.69) is 5.32 Å². The van der Waals surface area contributed by atoms with Crippen molar-refractivity contribution in [2.45, 2.75) is 13.8 Å². The van der Waals surface area contributed by atoms with Gasteiger partial charge in [-0.25, -0.2) is 0 Å². The van der Waals surface area contributed by atoms with E-state index < -0.39 is 23.2 Å². The fourth-order valence-corrected chi connectivity index (χ4v) is 2.56. The third-order valence-corrected chi connectivity index (χ3v) is 3.70. The van der Waals surface area contributed by atoms with Crippen LogP contribution in [0.2, 0.25) is 5.02 Å². The molecule has 1 aliphatic carbocycles. The molecule has 1 fully saturated rings. The number of carboxylic acid groups (broad SMARTS) is 1. The molecule has 1 aromatic rings. The fraction of sp³-hybridized carbons (Fsp3) is 0.385. The summed E-state index contributed by atoms with van der Waals surface area (Å²) in [5, 5.41) is 12.2. The smallest absolute Gasteiger partial charge is 0.307 e. The summed E-state index contributed by atoms with van der Waals surface area (Å²) in [5.41, 5.74) is 0.0911. The predicted molar refractivity (Wildman–Crippen MR) is 68.5 cm³/mol. The van der Waals surface area contributed by atoms with Crippen LogP contribution in [0.4, 0.5) is 5.69 Å². The highest BCUT2D eigenvalue weighted by atomic mass is 35.5. The van der Waals surface area contributed by atoms with E-state index in [1.165, 1.54) is 0 Å². The highest BCUT2D eigenvalue weighted by Crippen LogP contribution is 2.58. The topological polar surface area (TPSA) is 66.4 Å². The molecule has 2 rings (SSSR count). The minimum atomic E-state index is -0.925. The van der Waals surface area contributed by atoms with E-state index in [-0.39, 0.29) is 5.91 Å². The van der Waals surface area contributed by atoms with Crippen molar-refractivity contribution in [3.8, 4) is 0 Å². The summed E-state index contributed by atoms with van der Waals surface area (Å²) in [6.07, 6.45) is 0. The van der Waals surface area contributed by atoms with E-state index in [1.807, 2.05) is 0 Å². The number of anilines is 1. The van der Waals surface area contributed by atoms with Crippen molar-refractivity contribution in [3.05, 3.63) is 29.3 Å². The molecule has 1 aromatic carbocycles. The Labute approximate surface area is 110 Å². The summed E-state index contributed by atoms with van der Waals surface area (Å²) < 4.78 is 0. The van der Waals surface area contributed by atoms with Gasteiger partial charge in [0.15, 0.2) is 0 Å². The van der Waals surface area contributed by atoms with Crippen molar-refractivity contribution in [3.63, 3.8) is 0 Å². The van der Waals surface area contributed by atoms with E-state index in [0.717, 1.165) is 0 Å². The molecule has 2 atom stereocenters. The number of hydrogen-bond acceptors (Lipinski definition) is 2. The first kappa shape index (κ1) is 12.9. The van der Waals surface area contributed by atoms with Crippen LogP contribution < -0.4 is 5.32 Å². The molecular formula is C13H14ClNO3. The van der Waals surface area contributed by atoms with Gasteiger partial charge >= 0.3 is 5.97 Å². The van der Waals surface area contributed by atoms with Gasteiger partial charge in [-0.05, 0) is 23.6 Å². The zero-order valence-electron chi connectivity index (χ0n) is 10.1. The summed E-state index contributed by atoms with van der Waals surface area (Å²) in [6, 6.07) is 6.78. The minimum absolute atomic E-state index is 0.269. The van der Waals surface area contributed by atoms with Gasteiger partial charge in [0.2, 0.25) is 5.91 Å². The van der Waals surface area contributed by atoms with E-state index in [0.29, 0.717) is 10.7 Å². The second kappa shape index (κ2) is 4.28. The number of hydrogen-bond donors (Lipinski definition) is 2. The number of rotatable bonds is 3. The highest BCUT2D eigenvalue weighted by Gasteiger charge is 2.65. The Morgan fingerprint density at radius 3 is 2.50 bits per heavy atom. The third-order valence-electron chi connectivity index (χ3n) is 3.47. The summed E-state index contributed by atoms with van der Waals surface area (Å²) in [5.74, 6) is -2.30. The van der Waals surface area contributed by atoms with Crippen LogP contribution in [0.15, 0.2) is 24.3 Å². The van der Waals surface area contributed by atoms with Crippen molar-refractivity contribution >= 4 is 29.2 Å². The van der Waals surface area contributed by atoms with Gasteiger partial charge in [0.1, 0.15) is 0 Å². The Kier molecular flexibility index (Phi) is 3.07. The van der Waals surface area contributed by atoms with Crippen LogP contribution >= 0.6 is 11.6 Å². The van der Waals surface area contributed by atoms with E-state index in [1.54, 1.807) is 38.1 Å². The van der Waals surface area contributed by atoms with Gasteiger partial charge in [-0.2, -0.15) is 0 Å².